The van der Waals surface area contributed by atoms with Gasteiger partial charge in [0.1, 0.15) is 17.4 Å². The molecule has 0 spiro atoms. The van der Waals surface area contributed by atoms with E-state index >= 15 is 0 Å². The number of allylic oxidation sites excluding steroid dienone is 1. The molecule has 0 radical (unpaired) electrons. The molecule has 29 heavy (non-hydrogen) atoms. The molecule has 1 aromatic heterocycles. The summed E-state index contributed by atoms with van der Waals surface area (Å²) in [6.45, 7) is 2.11. The first-order valence-electron chi connectivity index (χ1n) is 9.56. The van der Waals surface area contributed by atoms with E-state index in [1.54, 1.807) is 11.8 Å². The third kappa shape index (κ3) is 3.21. The minimum atomic E-state index is -0.339. The van der Waals surface area contributed by atoms with E-state index in [9.17, 15) is 5.26 Å². The zero-order chi connectivity index (χ0) is 20.4. The zero-order valence-corrected chi connectivity index (χ0v) is 16.4. The first kappa shape index (κ1) is 18.6. The fourth-order valence-electron chi connectivity index (χ4n) is 3.71. The largest absolute Gasteiger partial charge is 0.497 e. The standard InChI is InChI=1S/C23H22N4O2/c1-3-7-19-21-20(15-10-12-17(28-2)13-11-15)18(14-24)22(25)29-23(21)27(26-19)16-8-5-4-6-9-16/h4-6,8-13,20H,3,7,25H2,1-2H3/t20-/m0/s1. The fraction of sp³-hybridized carbons (Fsp3) is 0.217. The van der Waals surface area contributed by atoms with Crippen molar-refractivity contribution < 1.29 is 9.47 Å². The van der Waals surface area contributed by atoms with E-state index in [-0.39, 0.29) is 11.8 Å². The number of rotatable bonds is 5. The van der Waals surface area contributed by atoms with Gasteiger partial charge < -0.3 is 15.2 Å². The zero-order valence-electron chi connectivity index (χ0n) is 16.4. The van der Waals surface area contributed by atoms with Crippen molar-refractivity contribution in [2.75, 3.05) is 7.11 Å². The van der Waals surface area contributed by atoms with Crippen molar-refractivity contribution in [2.45, 2.75) is 25.7 Å². The van der Waals surface area contributed by atoms with Crippen LogP contribution in [0, 0.1) is 11.3 Å². The lowest BCUT2D eigenvalue weighted by molar-refractivity contribution is 0.367. The van der Waals surface area contributed by atoms with Gasteiger partial charge in [-0.15, -0.1) is 0 Å². The summed E-state index contributed by atoms with van der Waals surface area (Å²) in [5.74, 6) is 1.09. The first-order chi connectivity index (χ1) is 14.2. The van der Waals surface area contributed by atoms with Crippen LogP contribution in [-0.4, -0.2) is 16.9 Å². The second-order valence-corrected chi connectivity index (χ2v) is 6.86. The maximum atomic E-state index is 9.84. The molecule has 6 nitrogen and oxygen atoms in total. The van der Waals surface area contributed by atoms with Gasteiger partial charge in [-0.2, -0.15) is 10.4 Å². The molecule has 0 aliphatic carbocycles. The maximum absolute atomic E-state index is 9.84. The summed E-state index contributed by atoms with van der Waals surface area (Å²) in [6, 6.07) is 19.7. The Balaban J connectivity index is 1.95. The Bertz CT molecular complexity index is 1090. The van der Waals surface area contributed by atoms with Crippen molar-refractivity contribution in [3.05, 3.63) is 82.9 Å². The number of benzene rings is 2. The van der Waals surface area contributed by atoms with Gasteiger partial charge in [0, 0.05) is 0 Å². The van der Waals surface area contributed by atoms with Crippen LogP contribution in [0.25, 0.3) is 5.69 Å². The molecule has 4 rings (SSSR count). The number of aryl methyl sites for hydroxylation is 1. The number of hydrogen-bond acceptors (Lipinski definition) is 5. The molecule has 0 fully saturated rings. The average Bonchev–Trinajstić information content (AvgIpc) is 3.11. The summed E-state index contributed by atoms with van der Waals surface area (Å²) in [4.78, 5) is 0. The number of nitrogens with zero attached hydrogens (tertiary/aromatic N) is 3. The van der Waals surface area contributed by atoms with Gasteiger partial charge in [0.25, 0.3) is 0 Å². The Kier molecular flexibility index (Phi) is 4.96. The summed E-state index contributed by atoms with van der Waals surface area (Å²) in [5, 5.41) is 14.7. The van der Waals surface area contributed by atoms with Crippen LogP contribution in [0.3, 0.4) is 0 Å². The summed E-state index contributed by atoms with van der Waals surface area (Å²) < 4.78 is 13.0. The molecule has 0 saturated heterocycles. The van der Waals surface area contributed by atoms with Crippen LogP contribution in [0.2, 0.25) is 0 Å². The molecule has 0 amide bonds. The summed E-state index contributed by atoms with van der Waals surface area (Å²) in [7, 11) is 1.63. The van der Waals surface area contributed by atoms with Crippen molar-refractivity contribution in [3.8, 4) is 23.4 Å². The molecule has 0 saturated carbocycles. The monoisotopic (exact) mass is 386 g/mol. The summed E-state index contributed by atoms with van der Waals surface area (Å²) in [5.41, 5.74) is 10.2. The highest BCUT2D eigenvalue weighted by Crippen LogP contribution is 2.45. The van der Waals surface area contributed by atoms with Gasteiger partial charge in [0.15, 0.2) is 0 Å². The predicted molar refractivity (Wildman–Crippen MR) is 110 cm³/mol. The molecule has 1 aliphatic heterocycles. The van der Waals surface area contributed by atoms with E-state index in [4.69, 9.17) is 20.3 Å². The highest BCUT2D eigenvalue weighted by atomic mass is 16.5. The normalized spacial score (nSPS) is 15.4. The van der Waals surface area contributed by atoms with Crippen LogP contribution in [0.15, 0.2) is 66.1 Å². The van der Waals surface area contributed by atoms with Crippen LogP contribution in [0.1, 0.15) is 36.1 Å². The smallest absolute Gasteiger partial charge is 0.229 e. The SMILES string of the molecule is CCCc1nn(-c2ccccc2)c2c1[C@@H](c1ccc(OC)cc1)C(C#N)=C(N)O2. The highest BCUT2D eigenvalue weighted by molar-refractivity contribution is 5.57. The van der Waals surface area contributed by atoms with Crippen molar-refractivity contribution in [1.29, 1.82) is 5.26 Å². The second kappa shape index (κ2) is 7.72. The number of methoxy groups -OCH3 is 1. The number of aromatic nitrogens is 2. The highest BCUT2D eigenvalue weighted by Gasteiger charge is 2.36. The summed E-state index contributed by atoms with van der Waals surface area (Å²) >= 11 is 0. The Hall–Kier alpha value is -3.72. The Labute approximate surface area is 169 Å². The van der Waals surface area contributed by atoms with Crippen LogP contribution in [0.5, 0.6) is 11.6 Å². The first-order valence-corrected chi connectivity index (χ1v) is 9.56. The van der Waals surface area contributed by atoms with Gasteiger partial charge >= 0.3 is 0 Å². The quantitative estimate of drug-likeness (QED) is 0.715. The van der Waals surface area contributed by atoms with Crippen LogP contribution in [0.4, 0.5) is 0 Å². The number of nitrogens with two attached hydrogens (primary N) is 1. The van der Waals surface area contributed by atoms with Gasteiger partial charge in [0.05, 0.1) is 30.0 Å². The van der Waals surface area contributed by atoms with Gasteiger partial charge in [-0.1, -0.05) is 43.7 Å². The van der Waals surface area contributed by atoms with Crippen LogP contribution >= 0.6 is 0 Å². The number of ether oxygens (including phenoxy) is 2. The molecule has 6 heteroatoms. The topological polar surface area (TPSA) is 86.1 Å². The molecule has 1 aliphatic rings. The Morgan fingerprint density at radius 2 is 1.90 bits per heavy atom. The number of hydrogen-bond donors (Lipinski definition) is 1. The van der Waals surface area contributed by atoms with Gasteiger partial charge in [0.2, 0.25) is 11.8 Å². The van der Waals surface area contributed by atoms with E-state index in [1.807, 2.05) is 54.6 Å². The van der Waals surface area contributed by atoms with E-state index in [1.165, 1.54) is 0 Å². The molecular formula is C23H22N4O2. The average molecular weight is 386 g/mol. The Morgan fingerprint density at radius 3 is 2.52 bits per heavy atom. The number of nitriles is 1. The molecule has 146 valence electrons. The molecule has 2 aromatic carbocycles. The minimum absolute atomic E-state index is 0.112. The molecule has 0 unspecified atom stereocenters. The lowest BCUT2D eigenvalue weighted by Crippen LogP contribution is -2.22. The molecule has 2 heterocycles. The maximum Gasteiger partial charge on any atom is 0.229 e. The fourth-order valence-corrected chi connectivity index (χ4v) is 3.71. The van der Waals surface area contributed by atoms with Crippen molar-refractivity contribution in [1.82, 2.24) is 9.78 Å². The van der Waals surface area contributed by atoms with E-state index in [0.29, 0.717) is 11.5 Å². The Morgan fingerprint density at radius 1 is 1.17 bits per heavy atom. The number of fused-ring (bicyclic) bond motifs is 1. The van der Waals surface area contributed by atoms with Gasteiger partial charge in [-0.05, 0) is 36.2 Å². The minimum Gasteiger partial charge on any atom is -0.497 e. The lowest BCUT2D eigenvalue weighted by atomic mass is 9.83. The van der Waals surface area contributed by atoms with Crippen LogP contribution < -0.4 is 15.2 Å². The van der Waals surface area contributed by atoms with Crippen LogP contribution in [-0.2, 0) is 6.42 Å². The van der Waals surface area contributed by atoms with Crippen molar-refractivity contribution in [2.24, 2.45) is 5.73 Å². The van der Waals surface area contributed by atoms with Gasteiger partial charge in [-0.25, -0.2) is 4.68 Å². The number of para-hydroxylation sites is 1. The van der Waals surface area contributed by atoms with E-state index < -0.39 is 0 Å². The second-order valence-electron chi connectivity index (χ2n) is 6.86. The van der Waals surface area contributed by atoms with E-state index in [2.05, 4.69) is 13.0 Å². The lowest BCUT2D eigenvalue weighted by Gasteiger charge is -2.25. The van der Waals surface area contributed by atoms with E-state index in [0.717, 1.165) is 41.1 Å². The third-order valence-electron chi connectivity index (χ3n) is 5.06. The predicted octanol–water partition coefficient (Wildman–Crippen LogP) is 4.05. The third-order valence-corrected chi connectivity index (χ3v) is 5.06. The van der Waals surface area contributed by atoms with Gasteiger partial charge in [-0.3, -0.25) is 0 Å². The summed E-state index contributed by atoms with van der Waals surface area (Å²) in [6.07, 6.45) is 1.70. The molecule has 2 N–H and O–H groups in total. The molecule has 3 aromatic rings. The van der Waals surface area contributed by atoms with Crippen molar-refractivity contribution in [3.63, 3.8) is 0 Å². The molecule has 1 atom stereocenters. The van der Waals surface area contributed by atoms with Crippen molar-refractivity contribution >= 4 is 0 Å². The molecule has 0 bridgehead atoms. The molecular weight excluding hydrogens is 364 g/mol.